The number of anilines is 1. The Labute approximate surface area is 226 Å². The molecule has 37 heavy (non-hydrogen) atoms. The number of carbonyl (C=O) groups excluding carboxylic acids is 2. The molecule has 1 atom stereocenters. The lowest BCUT2D eigenvalue weighted by atomic mass is 10.1. The number of methoxy groups -OCH3 is 1. The molecule has 10 heteroatoms. The highest BCUT2D eigenvalue weighted by Gasteiger charge is 2.32. The van der Waals surface area contributed by atoms with Crippen molar-refractivity contribution in [2.75, 3.05) is 24.5 Å². The first kappa shape index (κ1) is 28.2. The predicted octanol–water partition coefficient (Wildman–Crippen LogP) is 4.21. The Hall–Kier alpha value is -3.37. The van der Waals surface area contributed by atoms with Crippen LogP contribution in [0, 0.1) is 0 Å². The Bertz CT molecular complexity index is 1320. The van der Waals surface area contributed by atoms with Crippen molar-refractivity contribution in [1.29, 1.82) is 0 Å². The maximum atomic E-state index is 13.8. The number of carbonyl (C=O) groups is 2. The summed E-state index contributed by atoms with van der Waals surface area (Å²) in [7, 11) is -2.53. The van der Waals surface area contributed by atoms with Crippen molar-refractivity contribution in [3.63, 3.8) is 0 Å². The number of nitrogens with zero attached hydrogens (tertiary/aromatic N) is 2. The van der Waals surface area contributed by atoms with Gasteiger partial charge in [-0.05, 0) is 61.9 Å². The second-order valence-electron chi connectivity index (χ2n) is 8.24. The summed E-state index contributed by atoms with van der Waals surface area (Å²) in [5.74, 6) is -0.188. The number of rotatable bonds is 11. The van der Waals surface area contributed by atoms with Crippen LogP contribution in [0.1, 0.15) is 19.4 Å². The molecule has 3 rings (SSSR count). The van der Waals surface area contributed by atoms with Crippen LogP contribution >= 0.6 is 15.9 Å². The van der Waals surface area contributed by atoms with Crippen LogP contribution < -0.4 is 14.4 Å². The summed E-state index contributed by atoms with van der Waals surface area (Å²) in [6, 6.07) is 21.0. The molecule has 196 valence electrons. The van der Waals surface area contributed by atoms with Crippen molar-refractivity contribution < 1.29 is 22.7 Å². The number of hydrogen-bond donors (Lipinski definition) is 1. The van der Waals surface area contributed by atoms with Gasteiger partial charge in [0.2, 0.25) is 11.8 Å². The predicted molar refractivity (Wildman–Crippen MR) is 147 cm³/mol. The average Bonchev–Trinajstić information content (AvgIpc) is 2.90. The number of hydrogen-bond acceptors (Lipinski definition) is 5. The molecule has 2 amide bonds. The highest BCUT2D eigenvalue weighted by Crippen LogP contribution is 2.27. The van der Waals surface area contributed by atoms with Crippen molar-refractivity contribution in [2.24, 2.45) is 0 Å². The fraction of sp³-hybridized carbons (Fsp3) is 0.259. The summed E-state index contributed by atoms with van der Waals surface area (Å²) < 4.78 is 34.3. The van der Waals surface area contributed by atoms with Crippen molar-refractivity contribution in [3.8, 4) is 5.75 Å². The second kappa shape index (κ2) is 12.7. The van der Waals surface area contributed by atoms with Gasteiger partial charge in [0.25, 0.3) is 10.0 Å². The van der Waals surface area contributed by atoms with Gasteiger partial charge in [0, 0.05) is 17.6 Å². The van der Waals surface area contributed by atoms with Crippen LogP contribution in [0.4, 0.5) is 5.69 Å². The fourth-order valence-electron chi connectivity index (χ4n) is 3.71. The van der Waals surface area contributed by atoms with Crippen LogP contribution in [0.25, 0.3) is 0 Å². The van der Waals surface area contributed by atoms with E-state index in [9.17, 15) is 18.0 Å². The van der Waals surface area contributed by atoms with Gasteiger partial charge in [0.15, 0.2) is 0 Å². The van der Waals surface area contributed by atoms with E-state index in [-0.39, 0.29) is 17.3 Å². The molecule has 0 aliphatic heterocycles. The van der Waals surface area contributed by atoms with Crippen LogP contribution in [-0.2, 0) is 26.2 Å². The smallest absolute Gasteiger partial charge is 0.264 e. The van der Waals surface area contributed by atoms with Gasteiger partial charge in [0.05, 0.1) is 17.7 Å². The van der Waals surface area contributed by atoms with E-state index in [1.54, 1.807) is 87.7 Å². The molecule has 1 unspecified atom stereocenters. The lowest BCUT2D eigenvalue weighted by molar-refractivity contribution is -0.139. The van der Waals surface area contributed by atoms with Crippen molar-refractivity contribution in [2.45, 2.75) is 31.3 Å². The van der Waals surface area contributed by atoms with Gasteiger partial charge in [-0.2, -0.15) is 0 Å². The zero-order valence-electron chi connectivity index (χ0n) is 20.9. The number of amides is 2. The third-order valence-corrected chi connectivity index (χ3v) is 8.02. The van der Waals surface area contributed by atoms with E-state index in [0.29, 0.717) is 22.5 Å². The molecule has 0 heterocycles. The Kier molecular flexibility index (Phi) is 9.71. The Morgan fingerprint density at radius 3 is 2.27 bits per heavy atom. The number of likely N-dealkylation sites (N-methyl/N-ethyl adjacent to an activating group) is 1. The Morgan fingerprint density at radius 1 is 1.00 bits per heavy atom. The molecular formula is C27H30BrN3O5S. The molecule has 0 spiro atoms. The average molecular weight is 589 g/mol. The van der Waals surface area contributed by atoms with E-state index in [1.807, 2.05) is 0 Å². The second-order valence-corrected chi connectivity index (χ2v) is 11.0. The molecule has 0 bridgehead atoms. The lowest BCUT2D eigenvalue weighted by Gasteiger charge is -2.32. The van der Waals surface area contributed by atoms with Gasteiger partial charge >= 0.3 is 0 Å². The minimum Gasteiger partial charge on any atom is -0.497 e. The third kappa shape index (κ3) is 7.11. The largest absolute Gasteiger partial charge is 0.497 e. The monoisotopic (exact) mass is 587 g/mol. The number of nitrogens with one attached hydrogen (secondary N) is 1. The zero-order chi connectivity index (χ0) is 27.0. The molecule has 0 saturated carbocycles. The summed E-state index contributed by atoms with van der Waals surface area (Å²) in [6.07, 6.45) is 0. The number of ether oxygens (including phenoxy) is 1. The van der Waals surface area contributed by atoms with Crippen LogP contribution in [0.2, 0.25) is 0 Å². The zero-order valence-corrected chi connectivity index (χ0v) is 23.3. The maximum Gasteiger partial charge on any atom is 0.264 e. The van der Waals surface area contributed by atoms with Crippen molar-refractivity contribution in [1.82, 2.24) is 10.2 Å². The number of halogens is 1. The van der Waals surface area contributed by atoms with E-state index in [1.165, 1.54) is 17.0 Å². The summed E-state index contributed by atoms with van der Waals surface area (Å²) in [6.45, 7) is 3.44. The van der Waals surface area contributed by atoms with Crippen LogP contribution in [0.5, 0.6) is 5.75 Å². The topological polar surface area (TPSA) is 96.0 Å². The molecule has 0 aromatic heterocycles. The molecule has 0 fully saturated rings. The van der Waals surface area contributed by atoms with E-state index in [4.69, 9.17) is 4.74 Å². The highest BCUT2D eigenvalue weighted by atomic mass is 79.9. The quantitative estimate of drug-likeness (QED) is 0.362. The molecule has 0 aliphatic carbocycles. The summed E-state index contributed by atoms with van der Waals surface area (Å²) in [5, 5.41) is 2.74. The maximum absolute atomic E-state index is 13.8. The summed E-state index contributed by atoms with van der Waals surface area (Å²) in [4.78, 5) is 28.0. The van der Waals surface area contributed by atoms with E-state index in [2.05, 4.69) is 21.2 Å². The first-order chi connectivity index (χ1) is 17.7. The first-order valence-corrected chi connectivity index (χ1v) is 13.9. The van der Waals surface area contributed by atoms with Crippen LogP contribution in [-0.4, -0.2) is 51.4 Å². The molecular weight excluding hydrogens is 558 g/mol. The minimum atomic E-state index is -4.09. The van der Waals surface area contributed by atoms with Crippen LogP contribution in [0.3, 0.4) is 0 Å². The molecule has 0 radical (unpaired) electrons. The summed E-state index contributed by atoms with van der Waals surface area (Å²) >= 11 is 3.38. The van der Waals surface area contributed by atoms with E-state index >= 15 is 0 Å². The van der Waals surface area contributed by atoms with Gasteiger partial charge in [-0.3, -0.25) is 13.9 Å². The van der Waals surface area contributed by atoms with Gasteiger partial charge in [0.1, 0.15) is 18.3 Å². The minimum absolute atomic E-state index is 0.0567. The van der Waals surface area contributed by atoms with Crippen molar-refractivity contribution in [3.05, 3.63) is 88.9 Å². The first-order valence-electron chi connectivity index (χ1n) is 11.7. The fourth-order valence-corrected chi connectivity index (χ4v) is 5.53. The van der Waals surface area contributed by atoms with Gasteiger partial charge < -0.3 is 15.0 Å². The van der Waals surface area contributed by atoms with E-state index < -0.39 is 28.5 Å². The normalized spacial score (nSPS) is 11.9. The molecule has 0 saturated heterocycles. The van der Waals surface area contributed by atoms with E-state index in [0.717, 1.165) is 9.87 Å². The summed E-state index contributed by atoms with van der Waals surface area (Å²) in [5.41, 5.74) is 1.09. The third-order valence-electron chi connectivity index (χ3n) is 5.74. The Balaban J connectivity index is 2.00. The van der Waals surface area contributed by atoms with Gasteiger partial charge in [-0.1, -0.05) is 52.3 Å². The molecule has 3 aromatic rings. The SMILES string of the molecule is CCNC(=O)C(C)N(Cc1ccc(OC)cc1)C(=O)CN(c1cccc(Br)c1)S(=O)(=O)c1ccccc1. The van der Waals surface area contributed by atoms with Gasteiger partial charge in [-0.15, -0.1) is 0 Å². The molecule has 3 aromatic carbocycles. The standard InChI is InChI=1S/C27H30BrN3O5S/c1-4-29-27(33)20(2)30(18-21-13-15-24(36-3)16-14-21)26(32)19-31(23-10-8-9-22(28)17-23)37(34,35)25-11-6-5-7-12-25/h5-17,20H,4,18-19H2,1-3H3,(H,29,33). The van der Waals surface area contributed by atoms with Gasteiger partial charge in [-0.25, -0.2) is 8.42 Å². The van der Waals surface area contributed by atoms with Crippen molar-refractivity contribution >= 4 is 43.5 Å². The number of benzene rings is 3. The lowest BCUT2D eigenvalue weighted by Crippen LogP contribution is -2.51. The molecule has 8 nitrogen and oxygen atoms in total. The van der Waals surface area contributed by atoms with Crippen LogP contribution in [0.15, 0.2) is 88.2 Å². The molecule has 1 N–H and O–H groups in total. The molecule has 0 aliphatic rings. The number of sulfonamides is 1. The highest BCUT2D eigenvalue weighted by molar-refractivity contribution is 9.10. The Morgan fingerprint density at radius 2 is 1.68 bits per heavy atom.